The Morgan fingerprint density at radius 3 is 0.746 bits per heavy atom. The van der Waals surface area contributed by atoms with Gasteiger partial charge in [-0.2, -0.15) is 0 Å². The molecule has 2 saturated carbocycles. The molecule has 0 bridgehead atoms. The fourth-order valence-corrected chi connectivity index (χ4v) is 16.0. The molecule has 4 aromatic carbocycles. The SMILES string of the molecule is CC(=O)O.CC(=O)O.CC(=O)O.CCCCC(C)(CCCC)c1cc(C)c(O)c(C=NC2CCCCC2N=Cc2c(C)cccc2C)c1.CCCC[N+](CCCC)(CCCC)CCCC(C)(CCC[N+](CCCC)(CCCC)CCCC)c1cc(C)c(O)c(C=N[C@H]2CCCC[C@@H]2N=Cc2c(C)cccc2C)c1.O=C(O)O.O=[N+]([O-])[O-].O=[N+]([O-])[O-].O=[N+]([O-])[O-].O=[N+]([O-])[O-].[Co].[Co]. The van der Waals surface area contributed by atoms with Gasteiger partial charge in [-0.25, -0.2) is 4.79 Å². The normalized spacial score (nSPS) is 14.5. The summed E-state index contributed by atoms with van der Waals surface area (Å²) in [7, 11) is 0. The Morgan fingerprint density at radius 1 is 0.362 bits per heavy atom. The Hall–Kier alpha value is -9.43. The second kappa shape index (κ2) is 76.2. The molecule has 130 heavy (non-hydrogen) atoms. The summed E-state index contributed by atoms with van der Waals surface area (Å²) in [5.41, 5.74) is 14.1. The number of aliphatic imine (C=N–C) groups is 4. The van der Waals surface area contributed by atoms with Gasteiger partial charge < -0.3 is 106 Å². The molecule has 33 nitrogen and oxygen atoms in total. The van der Waals surface area contributed by atoms with Gasteiger partial charge in [0.25, 0.3) is 17.9 Å². The molecule has 0 saturated heterocycles. The molecule has 0 spiro atoms. The van der Waals surface area contributed by atoms with Gasteiger partial charge in [0.15, 0.2) is 0 Å². The van der Waals surface area contributed by atoms with E-state index in [9.17, 15) is 10.2 Å². The summed E-state index contributed by atoms with van der Waals surface area (Å²) in [6, 6.07) is 22.6. The van der Waals surface area contributed by atoms with E-state index < -0.39 is 44.4 Å². The van der Waals surface area contributed by atoms with E-state index >= 15 is 0 Å². The van der Waals surface area contributed by atoms with Crippen LogP contribution in [-0.2, 0) is 58.8 Å². The van der Waals surface area contributed by atoms with Crippen molar-refractivity contribution in [1.29, 1.82) is 0 Å². The van der Waals surface area contributed by atoms with Crippen LogP contribution >= 0.6 is 0 Å². The van der Waals surface area contributed by atoms with E-state index in [1.165, 1.54) is 273 Å². The molecule has 7 N–H and O–H groups in total. The van der Waals surface area contributed by atoms with Gasteiger partial charge in [0.1, 0.15) is 11.5 Å². The molecule has 2 fully saturated rings. The van der Waals surface area contributed by atoms with Gasteiger partial charge in [-0.1, -0.05) is 208 Å². The Bertz CT molecular complexity index is 3640. The number of carboxylic acid groups (broad SMARTS) is 5. The van der Waals surface area contributed by atoms with Gasteiger partial charge in [0, 0.05) is 90.3 Å². The van der Waals surface area contributed by atoms with Crippen LogP contribution in [0.4, 0.5) is 4.79 Å². The number of nitrogens with zero attached hydrogens (tertiary/aromatic N) is 10. The van der Waals surface area contributed by atoms with Crippen molar-refractivity contribution in [2.45, 2.75) is 359 Å². The van der Waals surface area contributed by atoms with Crippen molar-refractivity contribution in [3.05, 3.63) is 189 Å². The third-order valence-electron chi connectivity index (χ3n) is 22.9. The van der Waals surface area contributed by atoms with Crippen molar-refractivity contribution in [3.8, 4) is 11.5 Å². The van der Waals surface area contributed by atoms with Crippen molar-refractivity contribution >= 4 is 48.9 Å². The number of phenols is 2. The molecular weight excluding hydrogens is 1770 g/mol. The summed E-state index contributed by atoms with van der Waals surface area (Å²) in [6.07, 6.45) is 43.1. The van der Waals surface area contributed by atoms with Crippen molar-refractivity contribution in [2.75, 3.05) is 52.4 Å². The molecule has 35 heteroatoms. The van der Waals surface area contributed by atoms with Crippen LogP contribution in [0.1, 0.15) is 349 Å². The molecule has 0 heterocycles. The predicted octanol–water partition coefficient (Wildman–Crippen LogP) is 22.8. The van der Waals surface area contributed by atoms with E-state index in [4.69, 9.17) is 126 Å². The molecule has 0 amide bonds. The van der Waals surface area contributed by atoms with Crippen LogP contribution in [0.5, 0.6) is 11.5 Å². The molecule has 2 unspecified atom stereocenters. The van der Waals surface area contributed by atoms with E-state index in [1.54, 1.807) is 0 Å². The van der Waals surface area contributed by atoms with Crippen LogP contribution in [-0.4, -0.2) is 191 Å². The maximum Gasteiger partial charge on any atom is 0.503 e. The third kappa shape index (κ3) is 63.6. The van der Waals surface area contributed by atoms with E-state index in [1.807, 2.05) is 19.4 Å². The average molecular weight is 1930 g/mol. The minimum atomic E-state index is -1.83. The first-order valence-electron chi connectivity index (χ1n) is 45.5. The molecule has 746 valence electrons. The molecule has 2 aliphatic rings. The van der Waals surface area contributed by atoms with Gasteiger partial charge in [-0.15, -0.1) is 0 Å². The number of quaternary nitrogens is 2. The summed E-state index contributed by atoms with van der Waals surface area (Å²) in [5, 5.41) is 118. The van der Waals surface area contributed by atoms with Crippen molar-refractivity contribution < 1.29 is 118 Å². The fourth-order valence-electron chi connectivity index (χ4n) is 16.0. The number of aliphatic carboxylic acids is 3. The number of phenolic OH excluding ortho intramolecular Hbond substituents is 2. The Balaban J connectivity index is -0.000000459. The van der Waals surface area contributed by atoms with Gasteiger partial charge in [-0.3, -0.25) is 34.4 Å². The quantitative estimate of drug-likeness (QED) is 0.00937. The maximum atomic E-state index is 11.6. The Morgan fingerprint density at radius 2 is 0.546 bits per heavy atom. The van der Waals surface area contributed by atoms with Crippen LogP contribution in [0.25, 0.3) is 0 Å². The van der Waals surface area contributed by atoms with Gasteiger partial charge in [0.05, 0.1) is 96.9 Å². The van der Waals surface area contributed by atoms with Crippen molar-refractivity contribution in [2.24, 2.45) is 20.0 Å². The topological polar surface area (TPSA) is 524 Å². The number of benzene rings is 4. The molecule has 2 radical (unpaired) electrons. The first-order valence-corrected chi connectivity index (χ1v) is 45.5. The number of hydrogen-bond donors (Lipinski definition) is 7. The fraction of sp³-hybridized carbons (Fsp3) is 0.663. The van der Waals surface area contributed by atoms with E-state index in [-0.39, 0.29) is 68.6 Å². The summed E-state index contributed by atoms with van der Waals surface area (Å²) in [5.74, 6) is -1.75. The molecule has 0 aromatic heterocycles. The summed E-state index contributed by atoms with van der Waals surface area (Å²) >= 11 is 0. The predicted molar refractivity (Wildman–Crippen MR) is 513 cm³/mol. The maximum absolute atomic E-state index is 11.6. The number of hydrogen-bond acceptors (Lipinski definition) is 22. The van der Waals surface area contributed by atoms with Gasteiger partial charge >= 0.3 is 6.16 Å². The molecule has 6 rings (SSSR count). The third-order valence-corrected chi connectivity index (χ3v) is 22.9. The zero-order chi connectivity index (χ0) is 98.6. The summed E-state index contributed by atoms with van der Waals surface area (Å²) in [4.78, 5) is 89.1. The summed E-state index contributed by atoms with van der Waals surface area (Å²) < 4.78 is 2.61. The smallest absolute Gasteiger partial charge is 0.503 e. The minimum absolute atomic E-state index is 0. The average Bonchev–Trinajstić information content (AvgIpc) is 0.797. The number of aryl methyl sites for hydroxylation is 6. The van der Waals surface area contributed by atoms with Crippen molar-refractivity contribution in [1.82, 2.24) is 0 Å². The second-order valence-corrected chi connectivity index (χ2v) is 33.9. The van der Waals surface area contributed by atoms with Crippen LogP contribution < -0.4 is 0 Å². The van der Waals surface area contributed by atoms with Crippen LogP contribution in [0, 0.1) is 103 Å². The number of unbranched alkanes of at least 4 members (excludes halogenated alkanes) is 8. The summed E-state index contributed by atoms with van der Waals surface area (Å²) in [6.45, 7) is 50.3. The number of aromatic hydroxyl groups is 2. The Kier molecular flexibility index (Phi) is 76.9. The molecule has 0 aliphatic heterocycles. The second-order valence-electron chi connectivity index (χ2n) is 33.9. The van der Waals surface area contributed by atoms with E-state index in [0.29, 0.717) is 11.5 Å². The monoisotopic (exact) mass is 1930 g/mol. The van der Waals surface area contributed by atoms with E-state index in [2.05, 4.69) is 177 Å². The number of carboxylic acids is 3. The van der Waals surface area contributed by atoms with Crippen LogP contribution in [0.3, 0.4) is 0 Å². The Labute approximate surface area is 794 Å². The van der Waals surface area contributed by atoms with Crippen LogP contribution in [0.15, 0.2) is 80.6 Å². The zero-order valence-electron chi connectivity index (χ0n) is 81.1. The standard InChI is InChI=1S/C55H95N4O.C33H48N2O.3C2H4O2.CH2O3.2Co.4NO3/c1-11-17-34-58(35-18-12-2,36-19-13-3)40-26-32-55(10,33-27-41-59(37-20-14-4,38-21-15-5)39-22-16-6)50-42-48(9)54(60)49(43-50)44-56-52-30-23-24-31-53(52)57-45-51-46(7)28-25-29-47(51)8;1-7-9-18-33(6,19-10-8-2)28-20-26(5)32(36)27(21-28)22-34-30-16-11-12-17-31(30)35-23-29-24(3)14-13-15-25(29)4;3*1-2(3)4;2-1(3)4;;;4*2-1(3)4/h25,28-29,42-45,52-53H,11-24,26-27,30-41H2,1-10H3;13-15,20-23,30-31,36H,7-12,16-19H2,1-6H3;3*1H3,(H,3,4);(H2,2,3,4);;;;;;/q+1;;;;;;;;4*-1/p+1/t52-,53-;;;;;;;;;;;/m0.........../s1. The first-order chi connectivity index (χ1) is 60.1. The van der Waals surface area contributed by atoms with E-state index in [0.717, 1.165) is 68.7 Å². The molecule has 4 atom stereocenters. The van der Waals surface area contributed by atoms with Crippen molar-refractivity contribution in [3.63, 3.8) is 0 Å². The van der Waals surface area contributed by atoms with Crippen LogP contribution in [0.2, 0.25) is 0 Å². The van der Waals surface area contributed by atoms with Gasteiger partial charge in [-0.05, 0) is 223 Å². The number of carbonyl (C=O) groups is 4. The number of rotatable bonds is 42. The molecule has 2 aliphatic carbocycles. The van der Waals surface area contributed by atoms with Gasteiger partial charge in [0.2, 0.25) is 0 Å². The first kappa shape index (κ1) is 131. The molecule has 4 aromatic rings. The minimum Gasteiger partial charge on any atom is -0.507 e. The largest absolute Gasteiger partial charge is 0.507 e. The zero-order valence-corrected chi connectivity index (χ0v) is 83.1. The molecular formula is C95H158Co2N10O23-2.